The minimum absolute atomic E-state index is 0.123. The van der Waals surface area contributed by atoms with Gasteiger partial charge in [-0.1, -0.05) is 30.3 Å². The lowest BCUT2D eigenvalue weighted by Gasteiger charge is -2.35. The Morgan fingerprint density at radius 2 is 1.81 bits per heavy atom. The monoisotopic (exact) mass is 457 g/mol. The molecule has 4 N–H and O–H groups in total. The third-order valence-electron chi connectivity index (χ3n) is 4.70. The minimum atomic E-state index is -4.00. The Balaban J connectivity index is 1.72. The van der Waals surface area contributed by atoms with Gasteiger partial charge in [-0.3, -0.25) is 4.79 Å². The first kappa shape index (κ1) is 21.5. The fraction of sp³-hybridized carbons (Fsp3) is 0.0455. The quantitative estimate of drug-likeness (QED) is 0.544. The second-order valence-electron chi connectivity index (χ2n) is 6.99. The molecule has 1 atom stereocenters. The van der Waals surface area contributed by atoms with Crippen LogP contribution < -0.4 is 20.5 Å². The predicted octanol–water partition coefficient (Wildman–Crippen LogP) is 3.46. The summed E-state index contributed by atoms with van der Waals surface area (Å²) in [7, 11) is -4.00. The average molecular weight is 457 g/mol. The second-order valence-corrected chi connectivity index (χ2v) is 8.55. The number of primary sulfonamides is 1. The number of halogens is 2. The van der Waals surface area contributed by atoms with Gasteiger partial charge in [-0.25, -0.2) is 22.3 Å². The highest BCUT2D eigenvalue weighted by Gasteiger charge is 2.41. The van der Waals surface area contributed by atoms with Gasteiger partial charge >= 0.3 is 0 Å². The molecule has 1 amide bonds. The number of sulfonamides is 1. The lowest BCUT2D eigenvalue weighted by atomic mass is 10.0. The highest BCUT2D eigenvalue weighted by atomic mass is 32.2. The van der Waals surface area contributed by atoms with Crippen LogP contribution in [0.2, 0.25) is 0 Å². The molecule has 1 unspecified atom stereocenters. The summed E-state index contributed by atoms with van der Waals surface area (Å²) in [5.74, 6) is -2.94. The van der Waals surface area contributed by atoms with Crippen LogP contribution in [-0.4, -0.2) is 20.0 Å². The van der Waals surface area contributed by atoms with Gasteiger partial charge < -0.3 is 15.4 Å². The third-order valence-corrected chi connectivity index (χ3v) is 5.61. The molecule has 1 aliphatic heterocycles. The molecule has 0 saturated carbocycles. The normalized spacial score (nSPS) is 17.2. The number of nitrogens with two attached hydrogens (primary N) is 1. The van der Waals surface area contributed by atoms with Gasteiger partial charge in [0.05, 0.1) is 4.90 Å². The summed E-state index contributed by atoms with van der Waals surface area (Å²) >= 11 is 0. The van der Waals surface area contributed by atoms with E-state index in [1.54, 1.807) is 30.3 Å². The molecule has 3 aromatic carbocycles. The standard InChI is InChI=1S/C22H17F2N3O4S/c23-15-8-9-20(18(24)12-15)31-22(11-10-14-4-1-2-7-19(14)27-22)21(28)26-16-5-3-6-17(13-16)32(25,29)30/h1-13,27H,(H,26,28)(H2,25,29,30). The zero-order valence-electron chi connectivity index (χ0n) is 16.4. The van der Waals surface area contributed by atoms with Crippen LogP contribution in [0.5, 0.6) is 5.75 Å². The number of benzene rings is 3. The van der Waals surface area contributed by atoms with Crippen LogP contribution in [0.4, 0.5) is 20.2 Å². The lowest BCUT2D eigenvalue weighted by molar-refractivity contribution is -0.126. The second kappa shape index (κ2) is 8.06. The molecule has 164 valence electrons. The van der Waals surface area contributed by atoms with Gasteiger partial charge in [0.25, 0.3) is 11.6 Å². The molecular formula is C22H17F2N3O4S. The van der Waals surface area contributed by atoms with Crippen molar-refractivity contribution in [2.24, 2.45) is 5.14 Å². The topological polar surface area (TPSA) is 111 Å². The molecule has 10 heteroatoms. The number of amides is 1. The first-order chi connectivity index (χ1) is 15.2. The van der Waals surface area contributed by atoms with Gasteiger partial charge in [-0.2, -0.15) is 0 Å². The van der Waals surface area contributed by atoms with Crippen molar-refractivity contribution in [2.75, 3.05) is 10.6 Å². The number of carbonyl (C=O) groups excluding carboxylic acids is 1. The molecule has 1 heterocycles. The van der Waals surface area contributed by atoms with Crippen LogP contribution in [0.3, 0.4) is 0 Å². The van der Waals surface area contributed by atoms with Crippen molar-refractivity contribution >= 4 is 33.4 Å². The van der Waals surface area contributed by atoms with E-state index in [1.807, 2.05) is 0 Å². The van der Waals surface area contributed by atoms with E-state index < -0.39 is 33.3 Å². The molecule has 0 fully saturated rings. The smallest absolute Gasteiger partial charge is 0.294 e. The van der Waals surface area contributed by atoms with Crippen molar-refractivity contribution in [3.63, 3.8) is 0 Å². The van der Waals surface area contributed by atoms with Gasteiger partial charge in [0.1, 0.15) is 5.82 Å². The zero-order valence-corrected chi connectivity index (χ0v) is 17.2. The van der Waals surface area contributed by atoms with E-state index in [4.69, 9.17) is 9.88 Å². The van der Waals surface area contributed by atoms with Gasteiger partial charge in [0, 0.05) is 17.4 Å². The fourth-order valence-electron chi connectivity index (χ4n) is 3.15. The Morgan fingerprint density at radius 1 is 1.03 bits per heavy atom. The summed E-state index contributed by atoms with van der Waals surface area (Å²) in [5, 5.41) is 10.6. The van der Waals surface area contributed by atoms with E-state index in [9.17, 15) is 22.0 Å². The number of hydrogen-bond acceptors (Lipinski definition) is 5. The van der Waals surface area contributed by atoms with E-state index in [0.29, 0.717) is 11.8 Å². The molecule has 0 radical (unpaired) electrons. The number of anilines is 2. The zero-order chi connectivity index (χ0) is 22.9. The Hall–Kier alpha value is -3.76. The Kier molecular flexibility index (Phi) is 5.41. The molecule has 0 aliphatic carbocycles. The fourth-order valence-corrected chi connectivity index (χ4v) is 3.71. The van der Waals surface area contributed by atoms with Crippen LogP contribution >= 0.6 is 0 Å². The van der Waals surface area contributed by atoms with E-state index in [0.717, 1.165) is 17.7 Å². The van der Waals surface area contributed by atoms with E-state index in [-0.39, 0.29) is 16.3 Å². The van der Waals surface area contributed by atoms with Crippen LogP contribution in [0, 0.1) is 11.6 Å². The summed E-state index contributed by atoms with van der Waals surface area (Å²) in [6.07, 6.45) is 3.00. The van der Waals surface area contributed by atoms with Crippen molar-refractivity contribution in [3.05, 3.63) is 90.0 Å². The third kappa shape index (κ3) is 4.32. The van der Waals surface area contributed by atoms with Crippen LogP contribution in [0.15, 0.2) is 77.7 Å². The van der Waals surface area contributed by atoms with E-state index in [2.05, 4.69) is 10.6 Å². The maximum atomic E-state index is 14.3. The summed E-state index contributed by atoms with van der Waals surface area (Å²) in [6, 6.07) is 15.1. The van der Waals surface area contributed by atoms with Crippen LogP contribution in [0.1, 0.15) is 5.56 Å². The molecule has 7 nitrogen and oxygen atoms in total. The van der Waals surface area contributed by atoms with Gasteiger partial charge in [-0.05, 0) is 48.0 Å². The van der Waals surface area contributed by atoms with Gasteiger partial charge in [0.15, 0.2) is 11.6 Å². The molecule has 0 bridgehead atoms. The Labute approximate surface area is 182 Å². The number of ether oxygens (including phenoxy) is 1. The summed E-state index contributed by atoms with van der Waals surface area (Å²) in [4.78, 5) is 13.1. The minimum Gasteiger partial charge on any atom is -0.452 e. The van der Waals surface area contributed by atoms with Crippen LogP contribution in [0.25, 0.3) is 6.08 Å². The number of nitrogens with one attached hydrogen (secondary N) is 2. The lowest BCUT2D eigenvalue weighted by Crippen LogP contribution is -2.54. The Morgan fingerprint density at radius 3 is 2.56 bits per heavy atom. The largest absolute Gasteiger partial charge is 0.452 e. The Bertz CT molecular complexity index is 1340. The van der Waals surface area contributed by atoms with Crippen molar-refractivity contribution in [2.45, 2.75) is 10.6 Å². The molecule has 1 aliphatic rings. The summed E-state index contributed by atoms with van der Waals surface area (Å²) in [5.41, 5.74) is -0.510. The maximum absolute atomic E-state index is 14.3. The molecule has 4 rings (SSSR count). The number of hydrogen-bond donors (Lipinski definition) is 3. The first-order valence-electron chi connectivity index (χ1n) is 9.31. The van der Waals surface area contributed by atoms with Crippen molar-refractivity contribution < 1.29 is 26.7 Å². The SMILES string of the molecule is NS(=O)(=O)c1cccc(NC(=O)C2(Oc3ccc(F)cc3F)C=Cc3ccccc3N2)c1. The van der Waals surface area contributed by atoms with Crippen LogP contribution in [-0.2, 0) is 14.8 Å². The number of rotatable bonds is 5. The summed E-state index contributed by atoms with van der Waals surface area (Å²) < 4.78 is 56.6. The molecular weight excluding hydrogens is 440 g/mol. The van der Waals surface area contributed by atoms with Gasteiger partial charge in [0.2, 0.25) is 10.0 Å². The molecule has 0 saturated heterocycles. The number of fused-ring (bicyclic) bond motifs is 1. The average Bonchev–Trinajstić information content (AvgIpc) is 2.75. The summed E-state index contributed by atoms with van der Waals surface area (Å²) in [6.45, 7) is 0. The van der Waals surface area contributed by atoms with Crippen molar-refractivity contribution in [1.82, 2.24) is 0 Å². The van der Waals surface area contributed by atoms with Crippen molar-refractivity contribution in [3.8, 4) is 5.75 Å². The first-order valence-corrected chi connectivity index (χ1v) is 10.9. The molecule has 32 heavy (non-hydrogen) atoms. The highest BCUT2D eigenvalue weighted by Crippen LogP contribution is 2.33. The molecule has 0 aromatic heterocycles. The van der Waals surface area contributed by atoms with E-state index >= 15 is 0 Å². The predicted molar refractivity (Wildman–Crippen MR) is 115 cm³/mol. The van der Waals surface area contributed by atoms with Crippen molar-refractivity contribution in [1.29, 1.82) is 0 Å². The number of para-hydroxylation sites is 1. The number of carbonyl (C=O) groups is 1. The van der Waals surface area contributed by atoms with Gasteiger partial charge in [-0.15, -0.1) is 0 Å². The molecule has 3 aromatic rings. The van der Waals surface area contributed by atoms with E-state index in [1.165, 1.54) is 30.3 Å². The highest BCUT2D eigenvalue weighted by molar-refractivity contribution is 7.89. The maximum Gasteiger partial charge on any atom is 0.294 e. The molecule has 0 spiro atoms.